The van der Waals surface area contributed by atoms with Crippen LogP contribution in [0.25, 0.3) is 0 Å². The topological polar surface area (TPSA) is 95.0 Å². The molecular formula is C32H23Cl2FN2O5. The summed E-state index contributed by atoms with van der Waals surface area (Å²) in [6, 6.07) is 19.7. The molecule has 42 heavy (non-hydrogen) atoms. The number of carbonyl (C=O) groups is 4. The highest BCUT2D eigenvalue weighted by Crippen LogP contribution is 2.66. The normalized spacial score (nSPS) is 32.0. The number of amides is 4. The minimum absolute atomic E-state index is 0.0844. The quantitative estimate of drug-likeness (QED) is 0.249. The van der Waals surface area contributed by atoms with Crippen LogP contribution < -0.4 is 9.80 Å². The van der Waals surface area contributed by atoms with Crippen LogP contribution in [0.5, 0.6) is 5.75 Å². The predicted molar refractivity (Wildman–Crippen MR) is 154 cm³/mol. The molecule has 3 aromatic rings. The van der Waals surface area contributed by atoms with Gasteiger partial charge in [0.25, 0.3) is 11.8 Å². The smallest absolute Gasteiger partial charge is 0.258 e. The number of rotatable bonds is 3. The van der Waals surface area contributed by atoms with Crippen LogP contribution in [0.4, 0.5) is 15.8 Å². The molecule has 1 N–H and O–H groups in total. The van der Waals surface area contributed by atoms with Crippen molar-refractivity contribution in [2.75, 3.05) is 9.80 Å². The van der Waals surface area contributed by atoms with E-state index in [1.54, 1.807) is 42.5 Å². The molecule has 6 unspecified atom stereocenters. The van der Waals surface area contributed by atoms with Gasteiger partial charge in [0, 0.05) is 5.92 Å². The Balaban J connectivity index is 1.40. The Morgan fingerprint density at radius 3 is 2.17 bits per heavy atom. The summed E-state index contributed by atoms with van der Waals surface area (Å²) in [5, 5.41) is 10.4. The van der Waals surface area contributed by atoms with E-state index < -0.39 is 57.0 Å². The molecule has 7 nitrogen and oxygen atoms in total. The molecule has 7 rings (SSSR count). The summed E-state index contributed by atoms with van der Waals surface area (Å²) in [6.45, 7) is 0. The maximum Gasteiger partial charge on any atom is 0.258 e. The van der Waals surface area contributed by atoms with Gasteiger partial charge in [-0.15, -0.1) is 23.2 Å². The lowest BCUT2D eigenvalue weighted by molar-refractivity contribution is -0.125. The van der Waals surface area contributed by atoms with E-state index in [0.29, 0.717) is 16.8 Å². The number of fused-ring (bicyclic) bond motifs is 4. The molecule has 4 aliphatic rings. The van der Waals surface area contributed by atoms with E-state index in [-0.39, 0.29) is 30.2 Å². The second-order valence-electron chi connectivity index (χ2n) is 11.2. The van der Waals surface area contributed by atoms with Gasteiger partial charge in [-0.1, -0.05) is 42.0 Å². The molecule has 2 aliphatic heterocycles. The summed E-state index contributed by atoms with van der Waals surface area (Å²) in [5.41, 5.74) is 1.60. The van der Waals surface area contributed by atoms with Gasteiger partial charge in [-0.05, 0) is 72.9 Å². The molecule has 1 saturated carbocycles. The highest BCUT2D eigenvalue weighted by molar-refractivity contribution is 6.58. The highest BCUT2D eigenvalue weighted by atomic mass is 35.5. The summed E-state index contributed by atoms with van der Waals surface area (Å²) in [5.74, 6) is -6.19. The first kappa shape index (κ1) is 26.9. The van der Waals surface area contributed by atoms with Gasteiger partial charge in [0.2, 0.25) is 11.8 Å². The third-order valence-electron chi connectivity index (χ3n) is 9.11. The Bertz CT molecular complexity index is 1710. The summed E-state index contributed by atoms with van der Waals surface area (Å²) in [4.78, 5) is 54.0. The Kier molecular flexibility index (Phi) is 5.91. The highest BCUT2D eigenvalue weighted by Gasteiger charge is 2.76. The van der Waals surface area contributed by atoms with Crippen LogP contribution in [-0.2, 0) is 19.2 Å². The van der Waals surface area contributed by atoms with E-state index in [9.17, 15) is 28.7 Å². The number of nitrogens with zero attached hydrogens (tertiary/aromatic N) is 2. The van der Waals surface area contributed by atoms with Crippen LogP contribution >= 0.6 is 23.2 Å². The van der Waals surface area contributed by atoms with Crippen LogP contribution in [0.3, 0.4) is 0 Å². The Morgan fingerprint density at radius 1 is 0.786 bits per heavy atom. The SMILES string of the molecule is O=C1C2CC=C3C(CC4(Cl)C(=O)N(c5ccc(F)cc5)C(=O)C4(Cl)C3c3cccc(O)c3)C2C(=O)N1c1ccccc1. The molecule has 0 radical (unpaired) electrons. The molecule has 10 heteroatoms. The number of aromatic hydroxyl groups is 1. The zero-order valence-electron chi connectivity index (χ0n) is 21.9. The lowest BCUT2D eigenvalue weighted by Crippen LogP contribution is -2.60. The summed E-state index contributed by atoms with van der Waals surface area (Å²) >= 11 is 14.6. The molecule has 0 aromatic heterocycles. The summed E-state index contributed by atoms with van der Waals surface area (Å²) in [6.07, 6.45) is 1.88. The summed E-state index contributed by atoms with van der Waals surface area (Å²) in [7, 11) is 0. The van der Waals surface area contributed by atoms with E-state index in [0.717, 1.165) is 17.0 Å². The third kappa shape index (κ3) is 3.45. The van der Waals surface area contributed by atoms with Gasteiger partial charge in [0.1, 0.15) is 11.6 Å². The average Bonchev–Trinajstić information content (AvgIpc) is 3.32. The first-order valence-electron chi connectivity index (χ1n) is 13.5. The lowest BCUT2D eigenvalue weighted by Gasteiger charge is -2.50. The van der Waals surface area contributed by atoms with Crippen molar-refractivity contribution in [3.8, 4) is 5.75 Å². The Hall–Kier alpha value is -4.01. The fourth-order valence-electron chi connectivity index (χ4n) is 7.31. The first-order valence-corrected chi connectivity index (χ1v) is 14.3. The van der Waals surface area contributed by atoms with Gasteiger partial charge >= 0.3 is 0 Å². The van der Waals surface area contributed by atoms with Gasteiger partial charge in [-0.25, -0.2) is 9.29 Å². The van der Waals surface area contributed by atoms with Crippen molar-refractivity contribution in [3.63, 3.8) is 0 Å². The van der Waals surface area contributed by atoms with Gasteiger partial charge in [-0.2, -0.15) is 0 Å². The van der Waals surface area contributed by atoms with E-state index in [2.05, 4.69) is 0 Å². The van der Waals surface area contributed by atoms with E-state index in [1.807, 2.05) is 6.08 Å². The standard InChI is InChI=1S/C32H23Cl2FN2O5/c33-31-16-24-22(13-14-23-25(24)28(40)36(27(23)39)19-6-2-1-3-7-19)26(17-5-4-8-21(38)15-17)32(31,34)30(42)37(29(31)41)20-11-9-18(35)10-12-20/h1-13,15,23-26,38H,14,16H2. The van der Waals surface area contributed by atoms with Crippen LogP contribution in [0.15, 0.2) is 90.5 Å². The molecule has 2 aliphatic carbocycles. The number of allylic oxidation sites excluding steroid dienone is 2. The predicted octanol–water partition coefficient (Wildman–Crippen LogP) is 5.30. The van der Waals surface area contributed by atoms with Crippen molar-refractivity contribution in [1.82, 2.24) is 0 Å². The van der Waals surface area contributed by atoms with Crippen LogP contribution in [0.1, 0.15) is 24.3 Å². The maximum atomic E-state index is 14.3. The Labute approximate surface area is 250 Å². The number of alkyl halides is 2. The van der Waals surface area contributed by atoms with Gasteiger partial charge in [0.15, 0.2) is 9.75 Å². The van der Waals surface area contributed by atoms with Gasteiger partial charge in [0.05, 0.1) is 23.2 Å². The molecule has 6 atom stereocenters. The average molecular weight is 605 g/mol. The molecule has 4 amide bonds. The number of hydrogen-bond acceptors (Lipinski definition) is 5. The minimum Gasteiger partial charge on any atom is -0.508 e. The molecule has 212 valence electrons. The molecule has 2 saturated heterocycles. The van der Waals surface area contributed by atoms with Gasteiger partial charge < -0.3 is 5.11 Å². The largest absolute Gasteiger partial charge is 0.508 e. The van der Waals surface area contributed by atoms with Crippen molar-refractivity contribution >= 4 is 58.2 Å². The van der Waals surface area contributed by atoms with Crippen molar-refractivity contribution < 1.29 is 28.7 Å². The second-order valence-corrected chi connectivity index (χ2v) is 12.4. The number of carbonyl (C=O) groups excluding carboxylic acids is 4. The molecule has 0 bridgehead atoms. The number of imide groups is 2. The minimum atomic E-state index is -2.05. The molecular weight excluding hydrogens is 582 g/mol. The number of halogens is 3. The molecule has 2 heterocycles. The number of benzene rings is 3. The van der Waals surface area contributed by atoms with E-state index >= 15 is 0 Å². The zero-order valence-corrected chi connectivity index (χ0v) is 23.4. The zero-order chi connectivity index (χ0) is 29.6. The van der Waals surface area contributed by atoms with Crippen molar-refractivity contribution in [3.05, 3.63) is 102 Å². The number of anilines is 2. The fraction of sp³-hybridized carbons (Fsp3) is 0.250. The van der Waals surface area contributed by atoms with Crippen molar-refractivity contribution in [2.24, 2.45) is 17.8 Å². The van der Waals surface area contributed by atoms with Crippen molar-refractivity contribution in [2.45, 2.75) is 28.5 Å². The molecule has 0 spiro atoms. The van der Waals surface area contributed by atoms with E-state index in [1.165, 1.54) is 29.2 Å². The third-order valence-corrected chi connectivity index (χ3v) is 10.5. The second kappa shape index (κ2) is 9.24. The van der Waals surface area contributed by atoms with Crippen LogP contribution in [0, 0.1) is 23.6 Å². The number of hydrogen-bond donors (Lipinski definition) is 1. The fourth-order valence-corrected chi connectivity index (χ4v) is 8.24. The Morgan fingerprint density at radius 2 is 1.48 bits per heavy atom. The van der Waals surface area contributed by atoms with E-state index in [4.69, 9.17) is 23.2 Å². The molecule has 3 fully saturated rings. The van der Waals surface area contributed by atoms with Crippen molar-refractivity contribution in [1.29, 1.82) is 0 Å². The number of phenolic OH excluding ortho intramolecular Hbond substituents is 1. The lowest BCUT2D eigenvalue weighted by atomic mass is 9.56. The van der Waals surface area contributed by atoms with Crippen LogP contribution in [-0.4, -0.2) is 38.5 Å². The number of phenols is 1. The van der Waals surface area contributed by atoms with Gasteiger partial charge in [-0.3, -0.25) is 24.1 Å². The monoisotopic (exact) mass is 604 g/mol. The number of para-hydroxylation sites is 1. The maximum absolute atomic E-state index is 14.3. The summed E-state index contributed by atoms with van der Waals surface area (Å²) < 4.78 is 13.7. The van der Waals surface area contributed by atoms with Crippen LogP contribution in [0.2, 0.25) is 0 Å². The first-order chi connectivity index (χ1) is 20.1. The molecule has 3 aromatic carbocycles.